The number of hydrogen-bond acceptors (Lipinski definition) is 4. The summed E-state index contributed by atoms with van der Waals surface area (Å²) in [5.74, 6) is -0.958. The molecule has 1 aromatic heterocycles. The highest BCUT2D eigenvalue weighted by Crippen LogP contribution is 2.43. The average molecular weight is 441 g/mol. The Labute approximate surface area is 183 Å². The Morgan fingerprint density at radius 2 is 1.94 bits per heavy atom. The van der Waals surface area contributed by atoms with Crippen molar-refractivity contribution in [2.24, 2.45) is 0 Å². The van der Waals surface area contributed by atoms with Gasteiger partial charge in [-0.05, 0) is 61.8 Å². The highest BCUT2D eigenvalue weighted by atomic mass is 32.1. The van der Waals surface area contributed by atoms with Crippen molar-refractivity contribution in [3.8, 4) is 16.2 Å². The first kappa shape index (κ1) is 20.2. The van der Waals surface area contributed by atoms with Gasteiger partial charge in [0.2, 0.25) is 0 Å². The van der Waals surface area contributed by atoms with E-state index < -0.39 is 11.6 Å². The summed E-state index contributed by atoms with van der Waals surface area (Å²) in [5.41, 5.74) is 3.22. The van der Waals surface area contributed by atoms with Crippen LogP contribution in [0.4, 0.5) is 14.5 Å². The van der Waals surface area contributed by atoms with E-state index in [4.69, 9.17) is 4.74 Å². The van der Waals surface area contributed by atoms with Crippen molar-refractivity contribution in [1.29, 1.82) is 0 Å². The first-order valence-electron chi connectivity index (χ1n) is 10.3. The molecule has 2 aliphatic heterocycles. The number of halogens is 2. The number of fused-ring (bicyclic) bond motifs is 3. The first-order chi connectivity index (χ1) is 15.0. The molecule has 3 aromatic rings. The maximum Gasteiger partial charge on any atom is 0.268 e. The summed E-state index contributed by atoms with van der Waals surface area (Å²) in [6, 6.07) is 11.3. The molecule has 0 unspecified atom stereocenters. The van der Waals surface area contributed by atoms with Crippen molar-refractivity contribution in [3.63, 3.8) is 0 Å². The second-order valence-electron chi connectivity index (χ2n) is 8.03. The molecule has 0 N–H and O–H groups in total. The minimum absolute atomic E-state index is 0.0438. The van der Waals surface area contributed by atoms with Crippen LogP contribution in [0.5, 0.6) is 5.75 Å². The van der Waals surface area contributed by atoms with Crippen LogP contribution in [0, 0.1) is 11.6 Å². The van der Waals surface area contributed by atoms with Crippen LogP contribution in [0.25, 0.3) is 10.4 Å². The third kappa shape index (κ3) is 3.83. The molecule has 0 bridgehead atoms. The number of likely N-dealkylation sites (tertiary alicyclic amines) is 1. The monoisotopic (exact) mass is 440 g/mol. The molecule has 0 atom stereocenters. The van der Waals surface area contributed by atoms with Gasteiger partial charge in [0.25, 0.3) is 5.91 Å². The van der Waals surface area contributed by atoms with Crippen LogP contribution in [-0.4, -0.2) is 30.9 Å². The Morgan fingerprint density at radius 1 is 1.13 bits per heavy atom. The third-order valence-electron chi connectivity index (χ3n) is 5.87. The van der Waals surface area contributed by atoms with Gasteiger partial charge < -0.3 is 9.64 Å². The maximum atomic E-state index is 14.2. The maximum absolute atomic E-state index is 14.2. The summed E-state index contributed by atoms with van der Waals surface area (Å²) in [5, 5.41) is 0. The quantitative estimate of drug-likeness (QED) is 0.540. The van der Waals surface area contributed by atoms with Gasteiger partial charge in [0, 0.05) is 35.7 Å². The van der Waals surface area contributed by atoms with Gasteiger partial charge in [-0.1, -0.05) is 6.07 Å². The van der Waals surface area contributed by atoms with E-state index in [-0.39, 0.29) is 11.6 Å². The molecule has 0 aliphatic carbocycles. The zero-order valence-corrected chi connectivity index (χ0v) is 18.0. The van der Waals surface area contributed by atoms with Gasteiger partial charge >= 0.3 is 0 Å². The number of benzene rings is 2. The fourth-order valence-corrected chi connectivity index (χ4v) is 5.39. The summed E-state index contributed by atoms with van der Waals surface area (Å²) < 4.78 is 33.3. The van der Waals surface area contributed by atoms with E-state index in [0.29, 0.717) is 11.5 Å². The summed E-state index contributed by atoms with van der Waals surface area (Å²) in [4.78, 5) is 18.2. The summed E-state index contributed by atoms with van der Waals surface area (Å²) in [6.45, 7) is 3.56. The average Bonchev–Trinajstić information content (AvgIpc) is 3.42. The Balaban J connectivity index is 1.44. The lowest BCUT2D eigenvalue weighted by Crippen LogP contribution is -2.26. The van der Waals surface area contributed by atoms with E-state index in [0.717, 1.165) is 53.5 Å². The normalized spacial score (nSPS) is 15.3. The van der Waals surface area contributed by atoms with Crippen molar-refractivity contribution < 1.29 is 18.3 Å². The van der Waals surface area contributed by atoms with Crippen LogP contribution in [0.3, 0.4) is 0 Å². The molecule has 2 aromatic carbocycles. The molecule has 5 rings (SSSR count). The van der Waals surface area contributed by atoms with Crippen LogP contribution in [0.1, 0.15) is 33.6 Å². The lowest BCUT2D eigenvalue weighted by molar-refractivity contribution is 0.0996. The summed E-state index contributed by atoms with van der Waals surface area (Å²) >= 11 is 1.39. The predicted molar refractivity (Wildman–Crippen MR) is 118 cm³/mol. The number of rotatable bonds is 4. The Morgan fingerprint density at radius 3 is 2.71 bits per heavy atom. The van der Waals surface area contributed by atoms with Crippen molar-refractivity contribution in [3.05, 3.63) is 70.1 Å². The molecule has 0 radical (unpaired) electrons. The van der Waals surface area contributed by atoms with Gasteiger partial charge in [0.1, 0.15) is 24.0 Å². The number of amides is 1. The number of thiophene rings is 1. The second kappa shape index (κ2) is 8.05. The van der Waals surface area contributed by atoms with E-state index >= 15 is 0 Å². The van der Waals surface area contributed by atoms with Gasteiger partial charge in [-0.2, -0.15) is 0 Å². The molecule has 1 fully saturated rings. The van der Waals surface area contributed by atoms with Gasteiger partial charge in [0.15, 0.2) is 0 Å². The molecule has 1 saturated heterocycles. The Kier molecular flexibility index (Phi) is 5.24. The van der Waals surface area contributed by atoms with Crippen LogP contribution in [-0.2, 0) is 13.2 Å². The van der Waals surface area contributed by atoms with Crippen molar-refractivity contribution in [2.75, 3.05) is 25.0 Å². The Bertz CT molecular complexity index is 1150. The zero-order valence-electron chi connectivity index (χ0n) is 17.2. The lowest BCUT2D eigenvalue weighted by Gasteiger charge is -2.20. The second-order valence-corrected chi connectivity index (χ2v) is 9.08. The van der Waals surface area contributed by atoms with Crippen LogP contribution in [0.2, 0.25) is 0 Å². The molecule has 0 spiro atoms. The highest BCUT2D eigenvalue weighted by Gasteiger charge is 2.26. The van der Waals surface area contributed by atoms with Crippen molar-refractivity contribution in [2.45, 2.75) is 26.0 Å². The van der Waals surface area contributed by atoms with E-state index in [2.05, 4.69) is 17.0 Å². The molecular formula is C24H22F2N2O2S. The molecular weight excluding hydrogens is 418 g/mol. The SMILES string of the molecule is CN(C(=O)c1cc2c(s1)-c1cc(CN3CCCC3)ccc1OC2)c1ccc(F)cc1F. The van der Waals surface area contributed by atoms with Crippen LogP contribution in [0.15, 0.2) is 42.5 Å². The molecule has 31 heavy (non-hydrogen) atoms. The summed E-state index contributed by atoms with van der Waals surface area (Å²) in [6.07, 6.45) is 2.49. The number of carbonyl (C=O) groups excluding carboxylic acids is 1. The van der Waals surface area contributed by atoms with Crippen molar-refractivity contribution in [1.82, 2.24) is 4.90 Å². The number of carbonyl (C=O) groups is 1. The van der Waals surface area contributed by atoms with E-state index in [1.807, 2.05) is 12.1 Å². The fourth-order valence-electron chi connectivity index (χ4n) is 4.23. The third-order valence-corrected chi connectivity index (χ3v) is 7.07. The van der Waals surface area contributed by atoms with Gasteiger partial charge in [-0.25, -0.2) is 8.78 Å². The van der Waals surface area contributed by atoms with Gasteiger partial charge in [-0.3, -0.25) is 9.69 Å². The molecule has 0 saturated carbocycles. The summed E-state index contributed by atoms with van der Waals surface area (Å²) in [7, 11) is 1.50. The lowest BCUT2D eigenvalue weighted by atomic mass is 10.0. The molecule has 2 aliphatic rings. The number of hydrogen-bond donors (Lipinski definition) is 0. The van der Waals surface area contributed by atoms with Crippen molar-refractivity contribution >= 4 is 22.9 Å². The highest BCUT2D eigenvalue weighted by molar-refractivity contribution is 7.17. The topological polar surface area (TPSA) is 32.8 Å². The first-order valence-corrected chi connectivity index (χ1v) is 11.2. The number of anilines is 1. The van der Waals surface area contributed by atoms with E-state index in [1.165, 1.54) is 47.8 Å². The zero-order chi connectivity index (χ0) is 21.5. The van der Waals surface area contributed by atoms with E-state index in [1.54, 1.807) is 0 Å². The number of ether oxygens (including phenoxy) is 1. The smallest absolute Gasteiger partial charge is 0.268 e. The fraction of sp³-hybridized carbons (Fsp3) is 0.292. The standard InChI is InChI=1S/C24H22F2N2O2S/c1-27(20-6-5-17(25)12-19(20)26)24(29)22-11-16-14-30-21-7-4-15(10-18(21)23(16)31-22)13-28-8-2-3-9-28/h4-7,10-12H,2-3,8-9,13-14H2,1H3. The van der Waals surface area contributed by atoms with Crippen LogP contribution < -0.4 is 9.64 Å². The minimum Gasteiger partial charge on any atom is -0.488 e. The minimum atomic E-state index is -0.766. The molecule has 4 nitrogen and oxygen atoms in total. The molecule has 7 heteroatoms. The molecule has 3 heterocycles. The molecule has 1 amide bonds. The van der Waals surface area contributed by atoms with Gasteiger partial charge in [-0.15, -0.1) is 11.3 Å². The Hall–Kier alpha value is -2.77. The van der Waals surface area contributed by atoms with E-state index in [9.17, 15) is 13.6 Å². The predicted octanol–water partition coefficient (Wildman–Crippen LogP) is 5.46. The number of nitrogens with zero attached hydrogens (tertiary/aromatic N) is 2. The van der Waals surface area contributed by atoms with Crippen LogP contribution >= 0.6 is 11.3 Å². The van der Waals surface area contributed by atoms with Gasteiger partial charge in [0.05, 0.1) is 10.6 Å². The largest absolute Gasteiger partial charge is 0.488 e. The molecule has 160 valence electrons.